The maximum absolute atomic E-state index is 8.89. The van der Waals surface area contributed by atoms with Gasteiger partial charge in [-0.3, -0.25) is 0 Å². The van der Waals surface area contributed by atoms with Crippen molar-refractivity contribution in [3.05, 3.63) is 53.6 Å². The lowest BCUT2D eigenvalue weighted by molar-refractivity contribution is 0.288. The van der Waals surface area contributed by atoms with Crippen LogP contribution < -0.4 is 4.65 Å². The number of fused-ring (bicyclic) bond motifs is 3. The Morgan fingerprint density at radius 1 is 0.947 bits per heavy atom. The predicted molar refractivity (Wildman–Crippen MR) is 74.8 cm³/mol. The van der Waals surface area contributed by atoms with Gasteiger partial charge in [-0.1, -0.05) is 44.2 Å². The first-order valence-corrected chi connectivity index (χ1v) is 6.27. The highest BCUT2D eigenvalue weighted by atomic mass is 16.6. The zero-order valence-corrected chi connectivity index (χ0v) is 10.9. The molecule has 0 atom stereocenters. The molecule has 0 radical (unpaired) electrons. The van der Waals surface area contributed by atoms with Gasteiger partial charge in [0.05, 0.1) is 0 Å². The van der Waals surface area contributed by atoms with Gasteiger partial charge in [0.2, 0.25) is 0 Å². The van der Waals surface area contributed by atoms with Gasteiger partial charge in [0.15, 0.2) is 0 Å². The standard InChI is InChI=1S/C15H15BO3/c1-15(2)13-6-4-3-5-11(13)12-9-10(19-16(17)18)7-8-14(12)15/h3-9,17-18H,1-2H3. The van der Waals surface area contributed by atoms with Crippen LogP contribution in [-0.2, 0) is 5.41 Å². The highest BCUT2D eigenvalue weighted by Crippen LogP contribution is 2.49. The molecule has 19 heavy (non-hydrogen) atoms. The van der Waals surface area contributed by atoms with E-state index >= 15 is 0 Å². The molecule has 0 aromatic heterocycles. The minimum Gasteiger partial charge on any atom is -0.512 e. The molecule has 3 nitrogen and oxygen atoms in total. The molecule has 2 aromatic carbocycles. The van der Waals surface area contributed by atoms with E-state index in [2.05, 4.69) is 26.0 Å². The molecule has 96 valence electrons. The van der Waals surface area contributed by atoms with Gasteiger partial charge < -0.3 is 14.7 Å². The van der Waals surface area contributed by atoms with Crippen LogP contribution >= 0.6 is 0 Å². The third kappa shape index (κ3) is 1.84. The molecule has 1 aliphatic rings. The fraction of sp³-hybridized carbons (Fsp3) is 0.200. The minimum atomic E-state index is -1.79. The summed E-state index contributed by atoms with van der Waals surface area (Å²) in [5.41, 5.74) is 4.75. The van der Waals surface area contributed by atoms with E-state index in [4.69, 9.17) is 14.7 Å². The zero-order chi connectivity index (χ0) is 13.6. The highest BCUT2D eigenvalue weighted by molar-refractivity contribution is 6.33. The van der Waals surface area contributed by atoms with Gasteiger partial charge in [-0.2, -0.15) is 0 Å². The SMILES string of the molecule is CC1(C)c2ccccc2-c2cc(OB(O)O)ccc21. The molecule has 2 aromatic rings. The van der Waals surface area contributed by atoms with Crippen molar-refractivity contribution >= 4 is 7.32 Å². The minimum absolute atomic E-state index is 0.0394. The summed E-state index contributed by atoms with van der Waals surface area (Å²) < 4.78 is 4.93. The van der Waals surface area contributed by atoms with Crippen molar-refractivity contribution in [2.24, 2.45) is 0 Å². The number of benzene rings is 2. The quantitative estimate of drug-likeness (QED) is 0.808. The Kier molecular flexibility index (Phi) is 2.66. The second kappa shape index (κ2) is 4.12. The van der Waals surface area contributed by atoms with E-state index in [0.29, 0.717) is 5.75 Å². The normalized spacial score (nSPS) is 14.7. The van der Waals surface area contributed by atoms with Gasteiger partial charge in [0.1, 0.15) is 5.75 Å². The monoisotopic (exact) mass is 254 g/mol. The largest absolute Gasteiger partial charge is 0.707 e. The molecule has 0 saturated carbocycles. The number of hydrogen-bond donors (Lipinski definition) is 2. The maximum Gasteiger partial charge on any atom is 0.707 e. The first-order chi connectivity index (χ1) is 9.00. The average Bonchev–Trinajstić information content (AvgIpc) is 2.59. The van der Waals surface area contributed by atoms with Crippen molar-refractivity contribution in [2.45, 2.75) is 19.3 Å². The smallest absolute Gasteiger partial charge is 0.512 e. The van der Waals surface area contributed by atoms with Gasteiger partial charge in [-0.15, -0.1) is 0 Å². The maximum atomic E-state index is 8.89. The summed E-state index contributed by atoms with van der Waals surface area (Å²) in [6.07, 6.45) is 0. The van der Waals surface area contributed by atoms with Crippen LogP contribution in [0.4, 0.5) is 0 Å². The van der Waals surface area contributed by atoms with Gasteiger partial charge in [0, 0.05) is 5.41 Å². The van der Waals surface area contributed by atoms with Gasteiger partial charge in [-0.25, -0.2) is 0 Å². The molecule has 0 amide bonds. The average molecular weight is 254 g/mol. The van der Waals surface area contributed by atoms with E-state index in [1.54, 1.807) is 6.07 Å². The van der Waals surface area contributed by atoms with Crippen LogP contribution in [0.25, 0.3) is 11.1 Å². The zero-order valence-electron chi connectivity index (χ0n) is 10.9. The topological polar surface area (TPSA) is 49.7 Å². The Morgan fingerprint density at radius 3 is 2.37 bits per heavy atom. The molecular formula is C15H15BO3. The fourth-order valence-corrected chi connectivity index (χ4v) is 2.89. The van der Waals surface area contributed by atoms with Gasteiger partial charge >= 0.3 is 7.32 Å². The molecule has 0 saturated heterocycles. The fourth-order valence-electron chi connectivity index (χ4n) is 2.89. The molecule has 2 N–H and O–H groups in total. The Morgan fingerprint density at radius 2 is 1.63 bits per heavy atom. The molecule has 3 rings (SSSR count). The second-order valence-corrected chi connectivity index (χ2v) is 5.32. The van der Waals surface area contributed by atoms with E-state index in [-0.39, 0.29) is 5.41 Å². The Hall–Kier alpha value is -1.78. The molecular weight excluding hydrogens is 239 g/mol. The molecule has 0 bridgehead atoms. The molecule has 0 unspecified atom stereocenters. The van der Waals surface area contributed by atoms with E-state index < -0.39 is 7.32 Å². The first-order valence-electron chi connectivity index (χ1n) is 6.27. The van der Waals surface area contributed by atoms with Crippen LogP contribution in [0.3, 0.4) is 0 Å². The third-order valence-corrected chi connectivity index (χ3v) is 3.80. The summed E-state index contributed by atoms with van der Waals surface area (Å²) in [5, 5.41) is 17.8. The van der Waals surface area contributed by atoms with Crippen LogP contribution in [0, 0.1) is 0 Å². The molecule has 1 aliphatic carbocycles. The highest BCUT2D eigenvalue weighted by Gasteiger charge is 2.35. The van der Waals surface area contributed by atoms with E-state index in [9.17, 15) is 0 Å². The van der Waals surface area contributed by atoms with Gasteiger partial charge in [0.25, 0.3) is 0 Å². The van der Waals surface area contributed by atoms with Crippen LogP contribution in [0.15, 0.2) is 42.5 Å². The van der Waals surface area contributed by atoms with Crippen LogP contribution in [0.5, 0.6) is 5.75 Å². The lowest BCUT2D eigenvalue weighted by Gasteiger charge is -2.21. The summed E-state index contributed by atoms with van der Waals surface area (Å²) in [4.78, 5) is 0. The lowest BCUT2D eigenvalue weighted by atomic mass is 9.82. The second-order valence-electron chi connectivity index (χ2n) is 5.32. The molecule has 0 heterocycles. The van der Waals surface area contributed by atoms with Crippen molar-refractivity contribution in [3.63, 3.8) is 0 Å². The van der Waals surface area contributed by atoms with Crippen molar-refractivity contribution in [1.82, 2.24) is 0 Å². The van der Waals surface area contributed by atoms with E-state index in [0.717, 1.165) is 5.56 Å². The number of rotatable bonds is 2. The molecule has 4 heteroatoms. The summed E-state index contributed by atoms with van der Waals surface area (Å²) in [6, 6.07) is 13.9. The number of hydrogen-bond acceptors (Lipinski definition) is 3. The molecule has 0 aliphatic heterocycles. The Bertz CT molecular complexity index is 635. The third-order valence-electron chi connectivity index (χ3n) is 3.80. The lowest BCUT2D eigenvalue weighted by Crippen LogP contribution is -2.20. The van der Waals surface area contributed by atoms with Crippen molar-refractivity contribution in [2.75, 3.05) is 0 Å². The van der Waals surface area contributed by atoms with Gasteiger partial charge in [-0.05, 0) is 34.4 Å². The molecule has 0 fully saturated rings. The van der Waals surface area contributed by atoms with Crippen LogP contribution in [0.2, 0.25) is 0 Å². The van der Waals surface area contributed by atoms with Crippen molar-refractivity contribution in [3.8, 4) is 16.9 Å². The summed E-state index contributed by atoms with van der Waals surface area (Å²) in [6.45, 7) is 4.39. The Balaban J connectivity index is 2.17. The predicted octanol–water partition coefficient (Wildman–Crippen LogP) is 2.34. The first kappa shape index (κ1) is 12.3. The van der Waals surface area contributed by atoms with E-state index in [1.807, 2.05) is 24.3 Å². The Labute approximate surface area is 112 Å². The van der Waals surface area contributed by atoms with E-state index in [1.165, 1.54) is 16.7 Å². The summed E-state index contributed by atoms with van der Waals surface area (Å²) >= 11 is 0. The van der Waals surface area contributed by atoms with Crippen molar-refractivity contribution in [1.29, 1.82) is 0 Å². The molecule has 0 spiro atoms. The summed E-state index contributed by atoms with van der Waals surface area (Å²) in [7, 11) is -1.79. The summed E-state index contributed by atoms with van der Waals surface area (Å²) in [5.74, 6) is 0.459. The van der Waals surface area contributed by atoms with Crippen LogP contribution in [0.1, 0.15) is 25.0 Å². The van der Waals surface area contributed by atoms with Crippen LogP contribution in [-0.4, -0.2) is 17.4 Å². The van der Waals surface area contributed by atoms with Crippen molar-refractivity contribution < 1.29 is 14.7 Å².